The minimum absolute atomic E-state index is 0.0370. The third-order valence-electron chi connectivity index (χ3n) is 2.32. The number of hydrogen-bond donors (Lipinski definition) is 0. The number of urea groups is 1. The van der Waals surface area contributed by atoms with Gasteiger partial charge in [-0.15, -0.1) is 0 Å². The molecule has 4 heteroatoms. The molecule has 0 saturated carbocycles. The Kier molecular flexibility index (Phi) is 2.90. The normalized spacial score (nSPS) is 19.9. The van der Waals surface area contributed by atoms with Crippen LogP contribution in [0.25, 0.3) is 0 Å². The van der Waals surface area contributed by atoms with Crippen LogP contribution in [-0.2, 0) is 4.79 Å². The van der Waals surface area contributed by atoms with Gasteiger partial charge >= 0.3 is 6.03 Å². The second kappa shape index (κ2) is 3.77. The molecule has 1 unspecified atom stereocenters. The van der Waals surface area contributed by atoms with Gasteiger partial charge in [-0.25, -0.2) is 4.79 Å². The van der Waals surface area contributed by atoms with Crippen molar-refractivity contribution in [3.8, 4) is 0 Å². The average molecular weight is 184 g/mol. The Morgan fingerprint density at radius 3 is 2.46 bits per heavy atom. The first kappa shape index (κ1) is 10.0. The monoisotopic (exact) mass is 184 g/mol. The number of carbonyl (C=O) groups is 2. The minimum atomic E-state index is -0.161. The first-order valence-electron chi connectivity index (χ1n) is 4.65. The minimum Gasteiger partial charge on any atom is -0.318 e. The summed E-state index contributed by atoms with van der Waals surface area (Å²) in [5.41, 5.74) is 0. The number of rotatable bonds is 3. The third-order valence-corrected chi connectivity index (χ3v) is 2.32. The van der Waals surface area contributed by atoms with Crippen LogP contribution in [0.2, 0.25) is 0 Å². The standard InChI is InChI=1S/C9H16N2O2/c1-4-5-7(2)11-8(12)6-10(3)9(11)13/h7H,4-6H2,1-3H3. The third kappa shape index (κ3) is 1.82. The molecule has 0 spiro atoms. The van der Waals surface area contributed by atoms with Crippen molar-refractivity contribution in [1.82, 2.24) is 9.80 Å². The summed E-state index contributed by atoms with van der Waals surface area (Å²) in [7, 11) is 1.65. The van der Waals surface area contributed by atoms with E-state index in [1.54, 1.807) is 7.05 Å². The number of likely N-dealkylation sites (N-methyl/N-ethyl adjacent to an activating group) is 1. The maximum Gasteiger partial charge on any atom is 0.327 e. The first-order chi connectivity index (χ1) is 6.07. The smallest absolute Gasteiger partial charge is 0.318 e. The summed E-state index contributed by atoms with van der Waals surface area (Å²) in [5, 5.41) is 0. The van der Waals surface area contributed by atoms with Gasteiger partial charge in [0, 0.05) is 13.1 Å². The van der Waals surface area contributed by atoms with E-state index in [-0.39, 0.29) is 24.5 Å². The van der Waals surface area contributed by atoms with Crippen LogP contribution in [0.5, 0.6) is 0 Å². The van der Waals surface area contributed by atoms with E-state index in [9.17, 15) is 9.59 Å². The quantitative estimate of drug-likeness (QED) is 0.615. The maximum atomic E-state index is 11.5. The molecular formula is C9H16N2O2. The molecule has 0 aliphatic carbocycles. The average Bonchev–Trinajstić information content (AvgIpc) is 2.27. The number of carbonyl (C=O) groups excluding carboxylic acids is 2. The first-order valence-corrected chi connectivity index (χ1v) is 4.65. The summed E-state index contributed by atoms with van der Waals surface area (Å²) in [5.74, 6) is -0.0755. The van der Waals surface area contributed by atoms with Crippen molar-refractivity contribution in [1.29, 1.82) is 0 Å². The van der Waals surface area contributed by atoms with E-state index in [1.807, 2.05) is 13.8 Å². The number of hydrogen-bond acceptors (Lipinski definition) is 2. The van der Waals surface area contributed by atoms with Crippen LogP contribution in [-0.4, -0.2) is 41.4 Å². The zero-order chi connectivity index (χ0) is 10.0. The molecule has 1 aliphatic heterocycles. The molecule has 1 fully saturated rings. The lowest BCUT2D eigenvalue weighted by molar-refractivity contribution is -0.126. The molecule has 0 N–H and O–H groups in total. The summed E-state index contributed by atoms with van der Waals surface area (Å²) >= 11 is 0. The van der Waals surface area contributed by atoms with E-state index in [2.05, 4.69) is 0 Å². The zero-order valence-corrected chi connectivity index (χ0v) is 8.41. The van der Waals surface area contributed by atoms with Gasteiger partial charge in [-0.3, -0.25) is 9.69 Å². The van der Waals surface area contributed by atoms with Gasteiger partial charge in [-0.2, -0.15) is 0 Å². The molecule has 74 valence electrons. The van der Waals surface area contributed by atoms with Crippen molar-refractivity contribution in [2.24, 2.45) is 0 Å². The maximum absolute atomic E-state index is 11.5. The van der Waals surface area contributed by atoms with E-state index in [4.69, 9.17) is 0 Å². The van der Waals surface area contributed by atoms with Crippen LogP contribution in [0.15, 0.2) is 0 Å². The highest BCUT2D eigenvalue weighted by atomic mass is 16.2. The molecule has 13 heavy (non-hydrogen) atoms. The van der Waals surface area contributed by atoms with Gasteiger partial charge in [0.25, 0.3) is 5.91 Å². The fraction of sp³-hybridized carbons (Fsp3) is 0.778. The largest absolute Gasteiger partial charge is 0.327 e. The summed E-state index contributed by atoms with van der Waals surface area (Å²) in [6.07, 6.45) is 1.87. The van der Waals surface area contributed by atoms with Crippen molar-refractivity contribution >= 4 is 11.9 Å². The number of imide groups is 1. The molecule has 1 aliphatic rings. The Bertz CT molecular complexity index is 228. The molecule has 0 aromatic carbocycles. The van der Waals surface area contributed by atoms with E-state index in [0.29, 0.717) is 0 Å². The van der Waals surface area contributed by atoms with Crippen molar-refractivity contribution in [3.05, 3.63) is 0 Å². The van der Waals surface area contributed by atoms with Crippen LogP contribution >= 0.6 is 0 Å². The molecule has 0 aromatic heterocycles. The summed E-state index contributed by atoms with van der Waals surface area (Å²) < 4.78 is 0. The van der Waals surface area contributed by atoms with Gasteiger partial charge in [0.15, 0.2) is 0 Å². The molecule has 0 aromatic rings. The van der Waals surface area contributed by atoms with Gasteiger partial charge < -0.3 is 4.90 Å². The van der Waals surface area contributed by atoms with E-state index in [1.165, 1.54) is 9.80 Å². The molecule has 3 amide bonds. The molecule has 4 nitrogen and oxygen atoms in total. The second-order valence-corrected chi connectivity index (χ2v) is 3.54. The predicted octanol–water partition coefficient (Wildman–Crippen LogP) is 1.07. The molecule has 1 rings (SSSR count). The van der Waals surface area contributed by atoms with E-state index < -0.39 is 0 Å². The molecular weight excluding hydrogens is 168 g/mol. The van der Waals surface area contributed by atoms with E-state index >= 15 is 0 Å². The van der Waals surface area contributed by atoms with E-state index in [0.717, 1.165) is 12.8 Å². The number of nitrogens with zero attached hydrogens (tertiary/aromatic N) is 2. The van der Waals surface area contributed by atoms with Crippen molar-refractivity contribution in [3.63, 3.8) is 0 Å². The molecule has 1 heterocycles. The topological polar surface area (TPSA) is 40.6 Å². The van der Waals surface area contributed by atoms with Gasteiger partial charge in [-0.1, -0.05) is 13.3 Å². The summed E-state index contributed by atoms with van der Waals surface area (Å²) in [6.45, 7) is 4.19. The van der Waals surface area contributed by atoms with Crippen LogP contribution in [0.1, 0.15) is 26.7 Å². The number of amides is 3. The van der Waals surface area contributed by atoms with Crippen LogP contribution in [0.3, 0.4) is 0 Å². The summed E-state index contributed by atoms with van der Waals surface area (Å²) in [6, 6.07) is -0.124. The lowest BCUT2D eigenvalue weighted by Gasteiger charge is -2.21. The highest BCUT2D eigenvalue weighted by Gasteiger charge is 2.36. The molecule has 1 atom stereocenters. The fourth-order valence-corrected chi connectivity index (χ4v) is 1.62. The Morgan fingerprint density at radius 1 is 1.46 bits per heavy atom. The molecule has 1 saturated heterocycles. The molecule has 0 bridgehead atoms. The van der Waals surface area contributed by atoms with Gasteiger partial charge in [0.2, 0.25) is 0 Å². The Hall–Kier alpha value is -1.06. The van der Waals surface area contributed by atoms with Crippen LogP contribution in [0, 0.1) is 0 Å². The second-order valence-electron chi connectivity index (χ2n) is 3.54. The fourth-order valence-electron chi connectivity index (χ4n) is 1.62. The Morgan fingerprint density at radius 2 is 2.08 bits per heavy atom. The van der Waals surface area contributed by atoms with Gasteiger partial charge in [-0.05, 0) is 13.3 Å². The van der Waals surface area contributed by atoms with Gasteiger partial charge in [0.05, 0.1) is 0 Å². The van der Waals surface area contributed by atoms with Gasteiger partial charge in [0.1, 0.15) is 6.54 Å². The Labute approximate surface area is 78.5 Å². The Balaban J connectivity index is 2.68. The lowest BCUT2D eigenvalue weighted by Crippen LogP contribution is -2.38. The van der Waals surface area contributed by atoms with Crippen molar-refractivity contribution < 1.29 is 9.59 Å². The zero-order valence-electron chi connectivity index (χ0n) is 8.41. The van der Waals surface area contributed by atoms with Crippen LogP contribution in [0.4, 0.5) is 4.79 Å². The summed E-state index contributed by atoms with van der Waals surface area (Å²) in [4.78, 5) is 25.7. The SMILES string of the molecule is CCCC(C)N1C(=O)CN(C)C1=O. The van der Waals surface area contributed by atoms with Crippen molar-refractivity contribution in [2.45, 2.75) is 32.7 Å². The molecule has 0 radical (unpaired) electrons. The predicted molar refractivity (Wildman–Crippen MR) is 49.2 cm³/mol. The highest BCUT2D eigenvalue weighted by Crippen LogP contribution is 2.15. The highest BCUT2D eigenvalue weighted by molar-refractivity contribution is 6.02. The van der Waals surface area contributed by atoms with Crippen molar-refractivity contribution in [2.75, 3.05) is 13.6 Å². The lowest BCUT2D eigenvalue weighted by atomic mass is 10.2. The van der Waals surface area contributed by atoms with Crippen LogP contribution < -0.4 is 0 Å².